The highest BCUT2D eigenvalue weighted by atomic mass is 35.5. The molecule has 0 spiro atoms. The number of halogens is 1. The maximum absolute atomic E-state index is 12.5. The summed E-state index contributed by atoms with van der Waals surface area (Å²) in [7, 11) is -2.11. The van der Waals surface area contributed by atoms with Gasteiger partial charge in [0.25, 0.3) is 0 Å². The van der Waals surface area contributed by atoms with Gasteiger partial charge in [0.1, 0.15) is 0 Å². The van der Waals surface area contributed by atoms with Crippen LogP contribution in [0.25, 0.3) is 0 Å². The zero-order valence-electron chi connectivity index (χ0n) is 11.0. The summed E-state index contributed by atoms with van der Waals surface area (Å²) in [5, 5.41) is 2.17. The number of aromatic nitrogens is 1. The van der Waals surface area contributed by atoms with Crippen molar-refractivity contribution in [2.75, 3.05) is 12.8 Å². The first-order chi connectivity index (χ1) is 9.32. The van der Waals surface area contributed by atoms with Crippen molar-refractivity contribution < 1.29 is 8.42 Å². The summed E-state index contributed by atoms with van der Waals surface area (Å²) < 4.78 is 26.3. The molecule has 0 radical (unpaired) electrons. The lowest BCUT2D eigenvalue weighted by atomic mass is 10.2. The minimum absolute atomic E-state index is 0.164. The molecule has 2 aromatic rings. The molecule has 0 aliphatic carbocycles. The van der Waals surface area contributed by atoms with E-state index in [1.165, 1.54) is 28.8 Å². The maximum atomic E-state index is 12.5. The number of nitrogen functional groups attached to an aromatic ring is 1. The number of sulfonamides is 1. The van der Waals surface area contributed by atoms with Gasteiger partial charge < -0.3 is 5.73 Å². The van der Waals surface area contributed by atoms with E-state index in [-0.39, 0.29) is 17.1 Å². The summed E-state index contributed by atoms with van der Waals surface area (Å²) in [6, 6.07) is 2.95. The van der Waals surface area contributed by atoms with Gasteiger partial charge in [-0.3, -0.25) is 0 Å². The van der Waals surface area contributed by atoms with Gasteiger partial charge in [0.2, 0.25) is 10.0 Å². The second-order valence-corrected chi connectivity index (χ2v) is 7.52. The predicted octanol–water partition coefficient (Wildman–Crippen LogP) is 2.51. The highest BCUT2D eigenvalue weighted by Crippen LogP contribution is 2.28. The molecule has 2 N–H and O–H groups in total. The molecule has 1 heterocycles. The quantitative estimate of drug-likeness (QED) is 0.873. The fourth-order valence-corrected chi connectivity index (χ4v) is 3.89. The first-order valence-electron chi connectivity index (χ1n) is 5.71. The van der Waals surface area contributed by atoms with Crippen LogP contribution in [-0.2, 0) is 16.6 Å². The van der Waals surface area contributed by atoms with E-state index in [0.717, 1.165) is 0 Å². The molecule has 0 aliphatic rings. The molecule has 2 rings (SSSR count). The summed E-state index contributed by atoms with van der Waals surface area (Å²) in [4.78, 5) is 4.25. The summed E-state index contributed by atoms with van der Waals surface area (Å²) in [6.45, 7) is 1.91. The molecule has 0 bridgehead atoms. The van der Waals surface area contributed by atoms with E-state index in [1.54, 1.807) is 18.5 Å². The molecule has 0 amide bonds. The first kappa shape index (κ1) is 15.2. The zero-order chi connectivity index (χ0) is 14.9. The largest absolute Gasteiger partial charge is 0.397 e. The zero-order valence-corrected chi connectivity index (χ0v) is 13.4. The van der Waals surface area contributed by atoms with Gasteiger partial charge in [-0.1, -0.05) is 11.6 Å². The Labute approximate surface area is 127 Å². The molecule has 5 nitrogen and oxygen atoms in total. The smallest absolute Gasteiger partial charge is 0.243 e. The van der Waals surface area contributed by atoms with E-state index < -0.39 is 10.0 Å². The van der Waals surface area contributed by atoms with Gasteiger partial charge in [0.05, 0.1) is 33.4 Å². The van der Waals surface area contributed by atoms with Gasteiger partial charge in [-0.15, -0.1) is 11.3 Å². The van der Waals surface area contributed by atoms with Crippen molar-refractivity contribution >= 4 is 38.6 Å². The molecule has 0 aliphatic heterocycles. The second-order valence-electron chi connectivity index (χ2n) is 4.38. The topological polar surface area (TPSA) is 76.3 Å². The Morgan fingerprint density at radius 2 is 2.15 bits per heavy atom. The molecule has 1 aromatic heterocycles. The third-order valence-electron chi connectivity index (χ3n) is 2.85. The van der Waals surface area contributed by atoms with E-state index in [0.29, 0.717) is 16.3 Å². The van der Waals surface area contributed by atoms with Crippen molar-refractivity contribution in [3.05, 3.63) is 39.3 Å². The Balaban J connectivity index is 2.37. The molecule has 0 unspecified atom stereocenters. The van der Waals surface area contributed by atoms with Crippen LogP contribution in [-0.4, -0.2) is 24.8 Å². The third-order valence-corrected chi connectivity index (χ3v) is 5.76. The molecule has 0 fully saturated rings. The van der Waals surface area contributed by atoms with E-state index in [1.807, 2.05) is 5.38 Å². The number of nitrogens with two attached hydrogens (primary N) is 1. The molecular formula is C12H14ClN3O2S2. The highest BCUT2D eigenvalue weighted by molar-refractivity contribution is 7.89. The fourth-order valence-electron chi connectivity index (χ4n) is 1.74. The van der Waals surface area contributed by atoms with Crippen LogP contribution in [0.4, 0.5) is 5.69 Å². The van der Waals surface area contributed by atoms with Crippen molar-refractivity contribution in [3.63, 3.8) is 0 Å². The molecule has 0 atom stereocenters. The van der Waals surface area contributed by atoms with Gasteiger partial charge >= 0.3 is 0 Å². The van der Waals surface area contributed by atoms with Gasteiger partial charge in [0, 0.05) is 12.4 Å². The number of anilines is 1. The average Bonchev–Trinajstić information content (AvgIpc) is 2.86. The second kappa shape index (κ2) is 5.69. The van der Waals surface area contributed by atoms with Crippen molar-refractivity contribution in [2.24, 2.45) is 0 Å². The van der Waals surface area contributed by atoms with Crippen LogP contribution in [0.2, 0.25) is 5.02 Å². The van der Waals surface area contributed by atoms with Gasteiger partial charge in [-0.05, 0) is 24.6 Å². The van der Waals surface area contributed by atoms with Crippen LogP contribution in [0.1, 0.15) is 11.3 Å². The van der Waals surface area contributed by atoms with Crippen molar-refractivity contribution in [1.82, 2.24) is 9.29 Å². The molecule has 8 heteroatoms. The van der Waals surface area contributed by atoms with Gasteiger partial charge in [0.15, 0.2) is 0 Å². The Hall–Kier alpha value is -1.15. The van der Waals surface area contributed by atoms with Crippen LogP contribution < -0.4 is 5.73 Å². The molecule has 20 heavy (non-hydrogen) atoms. The standard InChI is InChI=1S/C12H14ClN3O2S2/c1-8-3-10(13)11(14)4-12(8)20(17,18)16(2)5-9-6-19-7-15-9/h3-4,6-7H,5,14H2,1-2H3. The predicted molar refractivity (Wildman–Crippen MR) is 81.4 cm³/mol. The van der Waals surface area contributed by atoms with Crippen molar-refractivity contribution in [3.8, 4) is 0 Å². The van der Waals surface area contributed by atoms with E-state index >= 15 is 0 Å². The fraction of sp³-hybridized carbons (Fsp3) is 0.250. The molecular weight excluding hydrogens is 318 g/mol. The monoisotopic (exact) mass is 331 g/mol. The molecule has 108 valence electrons. The maximum Gasteiger partial charge on any atom is 0.243 e. The van der Waals surface area contributed by atoms with Gasteiger partial charge in [-0.25, -0.2) is 13.4 Å². The SMILES string of the molecule is Cc1cc(Cl)c(N)cc1S(=O)(=O)N(C)Cc1cscn1. The van der Waals surface area contributed by atoms with Crippen LogP contribution in [0.3, 0.4) is 0 Å². The van der Waals surface area contributed by atoms with Crippen LogP contribution >= 0.6 is 22.9 Å². The average molecular weight is 332 g/mol. The minimum atomic E-state index is -3.63. The number of hydrogen-bond donors (Lipinski definition) is 1. The van der Waals surface area contributed by atoms with Crippen molar-refractivity contribution in [2.45, 2.75) is 18.4 Å². The summed E-state index contributed by atoms with van der Waals surface area (Å²) >= 11 is 7.31. The van der Waals surface area contributed by atoms with Crippen LogP contribution in [0.5, 0.6) is 0 Å². The lowest BCUT2D eigenvalue weighted by molar-refractivity contribution is 0.462. The summed E-state index contributed by atoms with van der Waals surface area (Å²) in [5.41, 5.74) is 8.89. The third kappa shape index (κ3) is 2.95. The van der Waals surface area contributed by atoms with Crippen LogP contribution in [0.15, 0.2) is 27.9 Å². The lowest BCUT2D eigenvalue weighted by Crippen LogP contribution is -2.27. The van der Waals surface area contributed by atoms with E-state index in [9.17, 15) is 8.42 Å². The first-order valence-corrected chi connectivity index (χ1v) is 8.47. The van der Waals surface area contributed by atoms with Crippen molar-refractivity contribution in [1.29, 1.82) is 0 Å². The van der Waals surface area contributed by atoms with E-state index in [2.05, 4.69) is 4.98 Å². The number of aryl methyl sites for hydroxylation is 1. The number of nitrogens with zero attached hydrogens (tertiary/aromatic N) is 2. The molecule has 0 saturated heterocycles. The summed E-state index contributed by atoms with van der Waals surface area (Å²) in [6.07, 6.45) is 0. The molecule has 1 aromatic carbocycles. The van der Waals surface area contributed by atoms with Gasteiger partial charge in [-0.2, -0.15) is 4.31 Å². The number of thiazole rings is 1. The normalized spacial score (nSPS) is 12.0. The Kier molecular flexibility index (Phi) is 4.33. The minimum Gasteiger partial charge on any atom is -0.397 e. The highest BCUT2D eigenvalue weighted by Gasteiger charge is 2.24. The van der Waals surface area contributed by atoms with E-state index in [4.69, 9.17) is 17.3 Å². The Bertz CT molecular complexity index is 715. The number of hydrogen-bond acceptors (Lipinski definition) is 5. The molecule has 0 saturated carbocycles. The lowest BCUT2D eigenvalue weighted by Gasteiger charge is -2.18. The number of rotatable bonds is 4. The number of benzene rings is 1. The Morgan fingerprint density at radius 3 is 2.75 bits per heavy atom. The summed E-state index contributed by atoms with van der Waals surface area (Å²) in [5.74, 6) is 0. The van der Waals surface area contributed by atoms with Crippen LogP contribution in [0, 0.1) is 6.92 Å². The Morgan fingerprint density at radius 1 is 1.45 bits per heavy atom.